The third-order valence-corrected chi connectivity index (χ3v) is 7.10. The Hall–Kier alpha value is -0.670. The van der Waals surface area contributed by atoms with E-state index in [4.69, 9.17) is 0 Å². The fourth-order valence-corrected chi connectivity index (χ4v) is 5.81. The third kappa shape index (κ3) is 4.65. The lowest BCUT2D eigenvalue weighted by atomic mass is 10.2. The second-order valence-electron chi connectivity index (χ2n) is 5.91. The molecule has 1 aliphatic heterocycles. The van der Waals surface area contributed by atoms with Crippen molar-refractivity contribution in [2.45, 2.75) is 44.2 Å². The summed E-state index contributed by atoms with van der Waals surface area (Å²) in [5.74, 6) is -0.397. The van der Waals surface area contributed by atoms with E-state index in [9.17, 15) is 21.6 Å². The van der Waals surface area contributed by atoms with Gasteiger partial charge in [0.05, 0.1) is 24.3 Å². The molecule has 9 heteroatoms. The Balaban J connectivity index is 1.95. The number of rotatable bonds is 5. The average Bonchev–Trinajstić information content (AvgIpc) is 2.94. The summed E-state index contributed by atoms with van der Waals surface area (Å²) in [5, 5.41) is 2.64. The second kappa shape index (κ2) is 6.21. The highest BCUT2D eigenvalue weighted by molar-refractivity contribution is 7.91. The molecule has 0 aromatic carbocycles. The maximum atomic E-state index is 12.0. The van der Waals surface area contributed by atoms with Crippen molar-refractivity contribution in [3.05, 3.63) is 0 Å². The third-order valence-electron chi connectivity index (χ3n) is 4.05. The van der Waals surface area contributed by atoms with E-state index in [1.165, 1.54) is 4.31 Å². The zero-order valence-corrected chi connectivity index (χ0v) is 13.7. The molecule has 0 aromatic rings. The lowest BCUT2D eigenvalue weighted by Crippen LogP contribution is -2.47. The summed E-state index contributed by atoms with van der Waals surface area (Å²) in [4.78, 5) is 12.0. The van der Waals surface area contributed by atoms with Crippen LogP contribution in [0.15, 0.2) is 0 Å². The molecule has 0 radical (unpaired) electrons. The summed E-state index contributed by atoms with van der Waals surface area (Å²) < 4.78 is 47.6. The van der Waals surface area contributed by atoms with Gasteiger partial charge >= 0.3 is 0 Å². The first kappa shape index (κ1) is 16.7. The lowest BCUT2D eigenvalue weighted by molar-refractivity contribution is -0.122. The van der Waals surface area contributed by atoms with Gasteiger partial charge in [0.25, 0.3) is 0 Å². The predicted octanol–water partition coefficient (Wildman–Crippen LogP) is -0.506. The van der Waals surface area contributed by atoms with E-state index in [0.29, 0.717) is 6.42 Å². The highest BCUT2D eigenvalue weighted by Gasteiger charge is 2.33. The van der Waals surface area contributed by atoms with Gasteiger partial charge in [-0.25, -0.2) is 16.8 Å². The van der Waals surface area contributed by atoms with Crippen LogP contribution in [0.1, 0.15) is 32.1 Å². The van der Waals surface area contributed by atoms with Crippen LogP contribution in [0.3, 0.4) is 0 Å². The molecule has 2 aliphatic rings. The molecule has 2 rings (SSSR count). The van der Waals surface area contributed by atoms with Crippen LogP contribution in [0.2, 0.25) is 0 Å². The monoisotopic (exact) mass is 338 g/mol. The molecule has 1 unspecified atom stereocenters. The van der Waals surface area contributed by atoms with Gasteiger partial charge in [-0.2, -0.15) is 4.31 Å². The minimum absolute atomic E-state index is 0.0545. The van der Waals surface area contributed by atoms with Crippen molar-refractivity contribution in [2.24, 2.45) is 0 Å². The summed E-state index contributed by atoms with van der Waals surface area (Å²) in [5.41, 5.74) is 0. The molecule has 1 atom stereocenters. The topological polar surface area (TPSA) is 101 Å². The summed E-state index contributed by atoms with van der Waals surface area (Å²) in [6.45, 7) is -0.222. The van der Waals surface area contributed by atoms with Gasteiger partial charge in [-0.05, 0) is 19.3 Å². The molecule has 0 spiro atoms. The molecule has 1 saturated heterocycles. The van der Waals surface area contributed by atoms with Gasteiger partial charge in [0.15, 0.2) is 9.84 Å². The average molecular weight is 338 g/mol. The Morgan fingerprint density at radius 3 is 2.33 bits per heavy atom. The fraction of sp³-hybridized carbons (Fsp3) is 0.917. The van der Waals surface area contributed by atoms with Gasteiger partial charge in [0.2, 0.25) is 15.9 Å². The Bertz CT molecular complexity index is 593. The molecular weight excluding hydrogens is 316 g/mol. The van der Waals surface area contributed by atoms with Crippen LogP contribution in [0.25, 0.3) is 0 Å². The van der Waals surface area contributed by atoms with E-state index < -0.39 is 31.8 Å². The first-order valence-electron chi connectivity index (χ1n) is 7.14. The number of sulfone groups is 1. The van der Waals surface area contributed by atoms with Crippen molar-refractivity contribution in [3.63, 3.8) is 0 Å². The molecule has 0 bridgehead atoms. The highest BCUT2D eigenvalue weighted by Crippen LogP contribution is 2.25. The van der Waals surface area contributed by atoms with Gasteiger partial charge in [0, 0.05) is 12.1 Å². The molecule has 1 aliphatic carbocycles. The van der Waals surface area contributed by atoms with Crippen molar-refractivity contribution in [1.29, 1.82) is 0 Å². The molecule has 1 heterocycles. The molecular formula is C12H22N2O5S2. The SMILES string of the molecule is CS(=O)(=O)N(CC(=O)NC1CCS(=O)(=O)C1)C1CCCC1. The molecule has 1 amide bonds. The number of nitrogens with one attached hydrogen (secondary N) is 1. The first-order valence-corrected chi connectivity index (χ1v) is 10.8. The van der Waals surface area contributed by atoms with Crippen LogP contribution in [-0.2, 0) is 24.7 Å². The normalized spacial score (nSPS) is 26.3. The Kier molecular flexibility index (Phi) is 4.94. The van der Waals surface area contributed by atoms with Crippen LogP contribution >= 0.6 is 0 Å². The number of nitrogens with zero attached hydrogens (tertiary/aromatic N) is 1. The quantitative estimate of drug-likeness (QED) is 0.728. The van der Waals surface area contributed by atoms with Crippen molar-refractivity contribution in [2.75, 3.05) is 24.3 Å². The molecule has 7 nitrogen and oxygen atoms in total. The van der Waals surface area contributed by atoms with E-state index in [2.05, 4.69) is 5.32 Å². The zero-order chi connectivity index (χ0) is 15.7. The predicted molar refractivity (Wildman–Crippen MR) is 79.0 cm³/mol. The summed E-state index contributed by atoms with van der Waals surface area (Å²) >= 11 is 0. The lowest BCUT2D eigenvalue weighted by Gasteiger charge is -2.26. The largest absolute Gasteiger partial charge is 0.351 e. The number of hydrogen-bond donors (Lipinski definition) is 1. The maximum absolute atomic E-state index is 12.0. The van der Waals surface area contributed by atoms with E-state index in [1.54, 1.807) is 0 Å². The number of hydrogen-bond acceptors (Lipinski definition) is 5. The Labute approximate surface area is 126 Å². The van der Waals surface area contributed by atoms with Gasteiger partial charge in [-0.3, -0.25) is 4.79 Å². The van der Waals surface area contributed by atoms with E-state index in [1.807, 2.05) is 0 Å². The second-order valence-corrected chi connectivity index (χ2v) is 10.1. The van der Waals surface area contributed by atoms with E-state index in [-0.39, 0.29) is 24.1 Å². The summed E-state index contributed by atoms with van der Waals surface area (Å²) in [6.07, 6.45) is 5.00. The van der Waals surface area contributed by atoms with Gasteiger partial charge in [-0.15, -0.1) is 0 Å². The minimum atomic E-state index is -3.45. The maximum Gasteiger partial charge on any atom is 0.235 e. The van der Waals surface area contributed by atoms with E-state index in [0.717, 1.165) is 31.9 Å². The van der Waals surface area contributed by atoms with E-state index >= 15 is 0 Å². The highest BCUT2D eigenvalue weighted by atomic mass is 32.2. The molecule has 21 heavy (non-hydrogen) atoms. The molecule has 1 N–H and O–H groups in total. The van der Waals surface area contributed by atoms with Crippen LogP contribution in [0.4, 0.5) is 0 Å². The Morgan fingerprint density at radius 1 is 1.24 bits per heavy atom. The van der Waals surface area contributed by atoms with Crippen molar-refractivity contribution in [1.82, 2.24) is 9.62 Å². The number of carbonyl (C=O) groups is 1. The summed E-state index contributed by atoms with van der Waals surface area (Å²) in [7, 11) is -6.51. The number of amides is 1. The zero-order valence-electron chi connectivity index (χ0n) is 12.1. The van der Waals surface area contributed by atoms with Crippen LogP contribution in [0.5, 0.6) is 0 Å². The van der Waals surface area contributed by atoms with Gasteiger partial charge in [-0.1, -0.05) is 12.8 Å². The molecule has 2 fully saturated rings. The van der Waals surface area contributed by atoms with Crippen LogP contribution in [0, 0.1) is 0 Å². The van der Waals surface area contributed by atoms with Crippen molar-refractivity contribution in [3.8, 4) is 0 Å². The van der Waals surface area contributed by atoms with Crippen molar-refractivity contribution >= 4 is 25.8 Å². The smallest absolute Gasteiger partial charge is 0.235 e. The van der Waals surface area contributed by atoms with Crippen LogP contribution < -0.4 is 5.32 Å². The first-order chi connectivity index (χ1) is 9.67. The minimum Gasteiger partial charge on any atom is -0.351 e. The van der Waals surface area contributed by atoms with Crippen LogP contribution in [-0.4, -0.2) is 63.4 Å². The molecule has 0 aromatic heterocycles. The molecule has 122 valence electrons. The van der Waals surface area contributed by atoms with Gasteiger partial charge < -0.3 is 5.32 Å². The fourth-order valence-electron chi connectivity index (χ4n) is 3.03. The van der Waals surface area contributed by atoms with Crippen molar-refractivity contribution < 1.29 is 21.6 Å². The molecule has 1 saturated carbocycles. The Morgan fingerprint density at radius 2 is 1.86 bits per heavy atom. The number of carbonyl (C=O) groups excluding carboxylic acids is 1. The summed E-state index contributed by atoms with van der Waals surface area (Å²) in [6, 6.07) is -0.509. The van der Waals surface area contributed by atoms with Gasteiger partial charge in [0.1, 0.15) is 0 Å². The standard InChI is InChI=1S/C12H22N2O5S2/c1-20(16,17)14(11-4-2-3-5-11)8-12(15)13-10-6-7-21(18,19)9-10/h10-11H,2-9H2,1H3,(H,13,15). The number of sulfonamides is 1.